The Labute approximate surface area is 286 Å². The van der Waals surface area contributed by atoms with E-state index in [4.69, 9.17) is 18.9 Å². The maximum atomic E-state index is 6.32. The van der Waals surface area contributed by atoms with Gasteiger partial charge in [-0.05, 0) is 59.2 Å². The number of rotatable bonds is 18. The van der Waals surface area contributed by atoms with Gasteiger partial charge in [0.05, 0.1) is 31.5 Å². The van der Waals surface area contributed by atoms with Gasteiger partial charge in [-0.25, -0.2) is 0 Å². The lowest BCUT2D eigenvalue weighted by molar-refractivity contribution is -0.0602. The lowest BCUT2D eigenvalue weighted by Gasteiger charge is -2.48. The number of aromatic nitrogens is 1. The molecule has 6 nitrogen and oxygen atoms in total. The van der Waals surface area contributed by atoms with Crippen molar-refractivity contribution in [2.75, 3.05) is 58.3 Å². The van der Waals surface area contributed by atoms with E-state index in [0.717, 1.165) is 55.0 Å². The summed E-state index contributed by atoms with van der Waals surface area (Å²) in [5, 5.41) is 1.36. The molecule has 0 saturated carbocycles. The maximum Gasteiger partial charge on any atom is 0.146 e. The Morgan fingerprint density at radius 3 is 2.48 bits per heavy atom. The summed E-state index contributed by atoms with van der Waals surface area (Å²) in [6.45, 7) is 16.7. The SMILES string of the molecule is CCSC(CN1C/C(=C/COCc2ccc(OC)cc2)[C@@H]2C[C@H]1c1c([nH]c3ccccc13)[C@H]2COCOCC[Si](C)(C)C)SCC. The van der Waals surface area contributed by atoms with E-state index < -0.39 is 8.07 Å². The van der Waals surface area contributed by atoms with E-state index in [0.29, 0.717) is 43.2 Å². The third kappa shape index (κ3) is 9.24. The number of ether oxygens (including phenoxy) is 4. The van der Waals surface area contributed by atoms with Gasteiger partial charge in [0.25, 0.3) is 0 Å². The average molecular weight is 683 g/mol. The van der Waals surface area contributed by atoms with Crippen molar-refractivity contribution in [1.29, 1.82) is 0 Å². The molecule has 0 amide bonds. The molecule has 1 saturated heterocycles. The van der Waals surface area contributed by atoms with E-state index in [2.05, 4.69) is 109 Å². The number of likely N-dealkylation sites (tertiary alicyclic amines) is 1. The van der Waals surface area contributed by atoms with Gasteiger partial charge < -0.3 is 23.9 Å². The molecule has 0 unspecified atom stereocenters. The zero-order valence-electron chi connectivity index (χ0n) is 28.7. The zero-order chi connectivity index (χ0) is 32.5. The van der Waals surface area contributed by atoms with Gasteiger partial charge in [-0.2, -0.15) is 0 Å². The minimum atomic E-state index is -1.13. The minimum absolute atomic E-state index is 0.250. The second-order valence-electron chi connectivity index (χ2n) is 13.6. The van der Waals surface area contributed by atoms with Crippen LogP contribution in [0.3, 0.4) is 0 Å². The highest BCUT2D eigenvalue weighted by atomic mass is 32.2. The molecule has 0 spiro atoms. The number of para-hydroxylation sites is 1. The van der Waals surface area contributed by atoms with Gasteiger partial charge in [0.2, 0.25) is 0 Å². The largest absolute Gasteiger partial charge is 0.497 e. The Hall–Kier alpha value is -1.72. The molecule has 2 aromatic carbocycles. The first-order valence-electron chi connectivity index (χ1n) is 16.9. The van der Waals surface area contributed by atoms with Gasteiger partial charge in [-0.1, -0.05) is 75.5 Å². The van der Waals surface area contributed by atoms with E-state index in [1.54, 1.807) is 7.11 Å². The summed E-state index contributed by atoms with van der Waals surface area (Å²) in [5.74, 6) is 3.79. The van der Waals surface area contributed by atoms with Crippen LogP contribution in [0.15, 0.2) is 60.2 Å². The van der Waals surface area contributed by atoms with Crippen molar-refractivity contribution >= 4 is 42.5 Å². The molecule has 1 N–H and O–H groups in total. The Kier molecular flexibility index (Phi) is 13.2. The van der Waals surface area contributed by atoms with Crippen molar-refractivity contribution in [1.82, 2.24) is 9.88 Å². The Bertz CT molecular complexity index is 1400. The normalized spacial score (nSPS) is 20.9. The number of benzene rings is 2. The lowest BCUT2D eigenvalue weighted by atomic mass is 9.69. The van der Waals surface area contributed by atoms with E-state index in [-0.39, 0.29) is 5.92 Å². The minimum Gasteiger partial charge on any atom is -0.497 e. The van der Waals surface area contributed by atoms with Crippen LogP contribution in [0.1, 0.15) is 49.0 Å². The van der Waals surface area contributed by atoms with Gasteiger partial charge in [-0.3, -0.25) is 4.90 Å². The van der Waals surface area contributed by atoms with Crippen molar-refractivity contribution in [3.8, 4) is 5.75 Å². The third-order valence-electron chi connectivity index (χ3n) is 9.19. The van der Waals surface area contributed by atoms with Crippen molar-refractivity contribution in [3.05, 3.63) is 77.0 Å². The van der Waals surface area contributed by atoms with Crippen molar-refractivity contribution in [2.45, 2.75) is 69.1 Å². The molecule has 5 rings (SSSR count). The molecule has 3 aromatic rings. The first kappa shape index (κ1) is 35.6. The van der Waals surface area contributed by atoms with Crippen molar-refractivity contribution in [3.63, 3.8) is 0 Å². The molecule has 1 aromatic heterocycles. The molecule has 1 fully saturated rings. The van der Waals surface area contributed by atoms with Gasteiger partial charge in [-0.15, -0.1) is 23.5 Å². The second kappa shape index (κ2) is 17.1. The molecule has 2 heterocycles. The summed E-state index contributed by atoms with van der Waals surface area (Å²) in [5.41, 5.74) is 6.69. The molecule has 252 valence electrons. The number of fused-ring (bicyclic) bond motifs is 6. The summed E-state index contributed by atoms with van der Waals surface area (Å²) < 4.78 is 24.4. The average Bonchev–Trinajstić information content (AvgIpc) is 3.43. The van der Waals surface area contributed by atoms with Crippen molar-refractivity contribution in [2.24, 2.45) is 5.92 Å². The number of thioether (sulfide) groups is 2. The molecular formula is C37H54N2O4S2Si. The van der Waals surface area contributed by atoms with Gasteiger partial charge in [0.1, 0.15) is 12.5 Å². The Morgan fingerprint density at radius 2 is 1.76 bits per heavy atom. The highest BCUT2D eigenvalue weighted by Gasteiger charge is 2.45. The fraction of sp³-hybridized carbons (Fsp3) is 0.568. The quantitative estimate of drug-likeness (QED) is 0.0622. The lowest BCUT2D eigenvalue weighted by Crippen LogP contribution is -2.46. The van der Waals surface area contributed by atoms with Crippen LogP contribution in [0.5, 0.6) is 5.75 Å². The van der Waals surface area contributed by atoms with E-state index in [1.165, 1.54) is 27.7 Å². The molecule has 0 radical (unpaired) electrons. The smallest absolute Gasteiger partial charge is 0.146 e. The van der Waals surface area contributed by atoms with Crippen LogP contribution in [0.25, 0.3) is 10.9 Å². The monoisotopic (exact) mass is 682 g/mol. The number of hydrogen-bond donors (Lipinski definition) is 1. The van der Waals surface area contributed by atoms with E-state index >= 15 is 0 Å². The molecule has 2 aliphatic rings. The molecule has 9 heteroatoms. The number of piperidine rings is 1. The molecule has 46 heavy (non-hydrogen) atoms. The summed E-state index contributed by atoms with van der Waals surface area (Å²) in [6.07, 6.45) is 3.47. The van der Waals surface area contributed by atoms with Gasteiger partial charge in [0, 0.05) is 56.3 Å². The number of H-pyrrole nitrogens is 1. The summed E-state index contributed by atoms with van der Waals surface area (Å²) in [6, 6.07) is 18.5. The predicted molar refractivity (Wildman–Crippen MR) is 199 cm³/mol. The molecular weight excluding hydrogens is 629 g/mol. The number of nitrogens with zero attached hydrogens (tertiary/aromatic N) is 1. The van der Waals surface area contributed by atoms with Crippen LogP contribution in [0.2, 0.25) is 25.7 Å². The van der Waals surface area contributed by atoms with Crippen LogP contribution in [0.4, 0.5) is 0 Å². The third-order valence-corrected chi connectivity index (χ3v) is 13.4. The Morgan fingerprint density at radius 1 is 1.00 bits per heavy atom. The van der Waals surface area contributed by atoms with E-state index in [9.17, 15) is 0 Å². The highest BCUT2D eigenvalue weighted by Crippen LogP contribution is 2.53. The summed E-state index contributed by atoms with van der Waals surface area (Å²) in [4.78, 5) is 6.65. The maximum absolute atomic E-state index is 6.32. The summed E-state index contributed by atoms with van der Waals surface area (Å²) >= 11 is 4.17. The molecule has 2 bridgehead atoms. The van der Waals surface area contributed by atoms with Gasteiger partial charge in [0.15, 0.2) is 0 Å². The van der Waals surface area contributed by atoms with Gasteiger partial charge >= 0.3 is 0 Å². The molecule has 1 aliphatic heterocycles. The number of methoxy groups -OCH3 is 1. The van der Waals surface area contributed by atoms with Crippen LogP contribution in [0, 0.1) is 5.92 Å². The number of hydrogen-bond acceptors (Lipinski definition) is 7. The first-order valence-corrected chi connectivity index (χ1v) is 22.7. The fourth-order valence-electron chi connectivity index (χ4n) is 6.82. The molecule has 1 aliphatic carbocycles. The predicted octanol–water partition coefficient (Wildman–Crippen LogP) is 8.94. The van der Waals surface area contributed by atoms with Crippen LogP contribution >= 0.6 is 23.5 Å². The number of aromatic amines is 1. The highest BCUT2D eigenvalue weighted by molar-refractivity contribution is 8.17. The van der Waals surface area contributed by atoms with E-state index in [1.807, 2.05) is 12.1 Å². The number of nitrogens with one attached hydrogen (secondary N) is 1. The second-order valence-corrected chi connectivity index (χ2v) is 22.5. The van der Waals surface area contributed by atoms with Crippen molar-refractivity contribution < 1.29 is 18.9 Å². The fourth-order valence-corrected chi connectivity index (χ4v) is 10.1. The zero-order valence-corrected chi connectivity index (χ0v) is 31.3. The first-order chi connectivity index (χ1) is 22.3. The van der Waals surface area contributed by atoms with Crippen LogP contribution in [-0.4, -0.2) is 80.9 Å². The van der Waals surface area contributed by atoms with Crippen LogP contribution < -0.4 is 4.74 Å². The Balaban J connectivity index is 1.39. The standard InChI is InChI=1S/C37H54N2O4S2Si/c1-7-44-35(45-8-2)23-39-22-28(17-18-41-24-27-13-15-29(40-3)16-14-27)31-21-34(39)36-30-11-9-10-12-33(30)38-37(36)32(31)25-43-26-42-19-20-46(4,5)6/h9-17,31-32,34-35,38H,7-8,18-26H2,1-6H3/b28-17-/t31-,32-,34-/m0/s1. The summed E-state index contributed by atoms with van der Waals surface area (Å²) in [7, 11) is 0.566. The molecule has 3 atom stereocenters. The van der Waals surface area contributed by atoms with Crippen LogP contribution in [-0.2, 0) is 20.8 Å². The topological polar surface area (TPSA) is 56.0 Å².